The standard InChI is InChI=1S/C21H28N4O2/c1-13(2)12-22-20(26)18-17-7-5-6-10-25(17)19(24-18)21(27)23-16-11-14(3)8-9-15(16)4/h8-9,11,13H,5-7,10,12H2,1-4H3,(H,22,26)(H,23,27). The van der Waals surface area contributed by atoms with Crippen molar-refractivity contribution in [1.82, 2.24) is 14.9 Å². The molecule has 0 saturated carbocycles. The van der Waals surface area contributed by atoms with Crippen molar-refractivity contribution in [3.8, 4) is 0 Å². The monoisotopic (exact) mass is 368 g/mol. The Morgan fingerprint density at radius 3 is 2.70 bits per heavy atom. The predicted octanol–water partition coefficient (Wildman–Crippen LogP) is 3.47. The summed E-state index contributed by atoms with van der Waals surface area (Å²) in [6, 6.07) is 5.94. The van der Waals surface area contributed by atoms with Crippen molar-refractivity contribution in [2.75, 3.05) is 11.9 Å². The van der Waals surface area contributed by atoms with E-state index in [4.69, 9.17) is 0 Å². The smallest absolute Gasteiger partial charge is 0.291 e. The summed E-state index contributed by atoms with van der Waals surface area (Å²) >= 11 is 0. The molecule has 2 heterocycles. The number of carbonyl (C=O) groups is 2. The number of fused-ring (bicyclic) bond motifs is 1. The lowest BCUT2D eigenvalue weighted by atomic mass is 10.1. The van der Waals surface area contributed by atoms with E-state index in [1.165, 1.54) is 0 Å². The fourth-order valence-electron chi connectivity index (χ4n) is 3.33. The number of hydrogen-bond donors (Lipinski definition) is 2. The highest BCUT2D eigenvalue weighted by molar-refractivity contribution is 6.04. The van der Waals surface area contributed by atoms with Gasteiger partial charge in [0.25, 0.3) is 11.8 Å². The summed E-state index contributed by atoms with van der Waals surface area (Å²) < 4.78 is 1.91. The van der Waals surface area contributed by atoms with Crippen LogP contribution in [0.5, 0.6) is 0 Å². The minimum Gasteiger partial charge on any atom is -0.350 e. The highest BCUT2D eigenvalue weighted by atomic mass is 16.2. The van der Waals surface area contributed by atoms with Crippen LogP contribution < -0.4 is 10.6 Å². The first-order valence-electron chi connectivity index (χ1n) is 9.63. The van der Waals surface area contributed by atoms with Gasteiger partial charge in [-0.15, -0.1) is 0 Å². The largest absolute Gasteiger partial charge is 0.350 e. The van der Waals surface area contributed by atoms with E-state index < -0.39 is 0 Å². The first-order valence-corrected chi connectivity index (χ1v) is 9.63. The second-order valence-corrected chi connectivity index (χ2v) is 7.72. The van der Waals surface area contributed by atoms with Gasteiger partial charge < -0.3 is 15.2 Å². The van der Waals surface area contributed by atoms with E-state index in [0.717, 1.165) is 48.3 Å². The van der Waals surface area contributed by atoms with Gasteiger partial charge in [-0.25, -0.2) is 4.98 Å². The summed E-state index contributed by atoms with van der Waals surface area (Å²) in [7, 11) is 0. The molecule has 0 saturated heterocycles. The molecule has 27 heavy (non-hydrogen) atoms. The second-order valence-electron chi connectivity index (χ2n) is 7.72. The highest BCUT2D eigenvalue weighted by Crippen LogP contribution is 2.23. The molecule has 1 aliphatic rings. The quantitative estimate of drug-likeness (QED) is 0.848. The Balaban J connectivity index is 1.89. The molecule has 1 aromatic heterocycles. The maximum Gasteiger partial charge on any atom is 0.291 e. The van der Waals surface area contributed by atoms with Crippen molar-refractivity contribution in [2.24, 2.45) is 5.92 Å². The lowest BCUT2D eigenvalue weighted by molar-refractivity contribution is 0.0943. The molecule has 1 aliphatic heterocycles. The number of rotatable bonds is 5. The third-order valence-corrected chi connectivity index (χ3v) is 4.85. The molecule has 0 aliphatic carbocycles. The van der Waals surface area contributed by atoms with Crippen LogP contribution in [0.25, 0.3) is 0 Å². The number of carbonyl (C=O) groups excluding carboxylic acids is 2. The summed E-state index contributed by atoms with van der Waals surface area (Å²) in [6.07, 6.45) is 2.77. The van der Waals surface area contributed by atoms with E-state index in [-0.39, 0.29) is 11.8 Å². The van der Waals surface area contributed by atoms with Crippen LogP contribution in [0.3, 0.4) is 0 Å². The molecule has 2 N–H and O–H groups in total. The number of nitrogens with zero attached hydrogens (tertiary/aromatic N) is 2. The van der Waals surface area contributed by atoms with Gasteiger partial charge in [0.05, 0.1) is 5.69 Å². The van der Waals surface area contributed by atoms with Crippen molar-refractivity contribution in [3.63, 3.8) is 0 Å². The molecule has 3 rings (SSSR count). The van der Waals surface area contributed by atoms with Gasteiger partial charge in [0.15, 0.2) is 5.82 Å². The molecule has 0 unspecified atom stereocenters. The third kappa shape index (κ3) is 4.21. The number of amides is 2. The highest BCUT2D eigenvalue weighted by Gasteiger charge is 2.27. The summed E-state index contributed by atoms with van der Waals surface area (Å²) in [4.78, 5) is 30.0. The van der Waals surface area contributed by atoms with Gasteiger partial charge >= 0.3 is 0 Å². The van der Waals surface area contributed by atoms with Crippen LogP contribution in [-0.4, -0.2) is 27.9 Å². The molecule has 0 radical (unpaired) electrons. The number of aryl methyl sites for hydroxylation is 2. The van der Waals surface area contributed by atoms with E-state index in [9.17, 15) is 9.59 Å². The fourth-order valence-corrected chi connectivity index (χ4v) is 3.33. The van der Waals surface area contributed by atoms with Crippen LogP contribution >= 0.6 is 0 Å². The van der Waals surface area contributed by atoms with Crippen molar-refractivity contribution in [2.45, 2.75) is 53.5 Å². The average molecular weight is 368 g/mol. The molecule has 2 aromatic rings. The third-order valence-electron chi connectivity index (χ3n) is 4.85. The second kappa shape index (κ2) is 7.94. The van der Waals surface area contributed by atoms with Crippen molar-refractivity contribution in [1.29, 1.82) is 0 Å². The Morgan fingerprint density at radius 1 is 1.19 bits per heavy atom. The van der Waals surface area contributed by atoms with Gasteiger partial charge in [-0.05, 0) is 56.2 Å². The van der Waals surface area contributed by atoms with E-state index in [1.807, 2.05) is 50.5 Å². The van der Waals surface area contributed by atoms with Crippen molar-refractivity contribution < 1.29 is 9.59 Å². The van der Waals surface area contributed by atoms with Crippen LogP contribution in [0.15, 0.2) is 18.2 Å². The van der Waals surface area contributed by atoms with E-state index >= 15 is 0 Å². The SMILES string of the molecule is Cc1ccc(C)c(NC(=O)c2nc(C(=O)NCC(C)C)c3n2CCCC3)c1. The van der Waals surface area contributed by atoms with Gasteiger partial charge in [0.1, 0.15) is 5.69 Å². The molecule has 1 aromatic carbocycles. The molecule has 6 heteroatoms. The number of imidazole rings is 1. The molecule has 2 amide bonds. The molecule has 6 nitrogen and oxygen atoms in total. The number of anilines is 1. The van der Waals surface area contributed by atoms with Crippen molar-refractivity contribution >= 4 is 17.5 Å². The maximum atomic E-state index is 12.9. The number of aromatic nitrogens is 2. The minimum absolute atomic E-state index is 0.194. The number of benzene rings is 1. The maximum absolute atomic E-state index is 12.9. The predicted molar refractivity (Wildman–Crippen MR) is 106 cm³/mol. The first-order chi connectivity index (χ1) is 12.9. The Labute approximate surface area is 160 Å². The van der Waals surface area contributed by atoms with Gasteiger partial charge in [-0.1, -0.05) is 26.0 Å². The fraction of sp³-hybridized carbons (Fsp3) is 0.476. The van der Waals surface area contributed by atoms with Crippen LogP contribution in [0.2, 0.25) is 0 Å². The molecule has 0 spiro atoms. The summed E-state index contributed by atoms with van der Waals surface area (Å²) in [5.41, 5.74) is 4.11. The molecule has 0 atom stereocenters. The zero-order valence-electron chi connectivity index (χ0n) is 16.6. The number of nitrogens with one attached hydrogen (secondary N) is 2. The zero-order chi connectivity index (χ0) is 19.6. The summed E-state index contributed by atoms with van der Waals surface area (Å²) in [5, 5.41) is 5.89. The first kappa shape index (κ1) is 19.1. The van der Waals surface area contributed by atoms with Crippen molar-refractivity contribution in [3.05, 3.63) is 46.5 Å². The Kier molecular flexibility index (Phi) is 5.63. The van der Waals surface area contributed by atoms with Gasteiger partial charge in [-0.2, -0.15) is 0 Å². The zero-order valence-corrected chi connectivity index (χ0v) is 16.6. The Bertz CT molecular complexity index is 867. The number of hydrogen-bond acceptors (Lipinski definition) is 3. The van der Waals surface area contributed by atoms with E-state index in [1.54, 1.807) is 0 Å². The summed E-state index contributed by atoms with van der Waals surface area (Å²) in [5.74, 6) is 0.217. The summed E-state index contributed by atoms with van der Waals surface area (Å²) in [6.45, 7) is 9.35. The molecule has 0 fully saturated rings. The van der Waals surface area contributed by atoms with Gasteiger partial charge in [0, 0.05) is 18.8 Å². The molecule has 0 bridgehead atoms. The van der Waals surface area contributed by atoms with Gasteiger partial charge in [0.2, 0.25) is 0 Å². The van der Waals surface area contributed by atoms with E-state index in [2.05, 4.69) is 15.6 Å². The van der Waals surface area contributed by atoms with Crippen LogP contribution in [-0.2, 0) is 13.0 Å². The van der Waals surface area contributed by atoms with Crippen LogP contribution in [0.1, 0.15) is 64.6 Å². The van der Waals surface area contributed by atoms with Crippen LogP contribution in [0.4, 0.5) is 5.69 Å². The molecular weight excluding hydrogens is 340 g/mol. The Hall–Kier alpha value is -2.63. The Morgan fingerprint density at radius 2 is 1.96 bits per heavy atom. The lowest BCUT2D eigenvalue weighted by Gasteiger charge is -2.17. The van der Waals surface area contributed by atoms with E-state index in [0.29, 0.717) is 24.0 Å². The minimum atomic E-state index is -0.269. The molecular formula is C21H28N4O2. The van der Waals surface area contributed by atoms with Gasteiger partial charge in [-0.3, -0.25) is 9.59 Å². The van der Waals surface area contributed by atoms with Crippen LogP contribution in [0, 0.1) is 19.8 Å². The average Bonchev–Trinajstić information content (AvgIpc) is 3.02. The lowest BCUT2D eigenvalue weighted by Crippen LogP contribution is -2.29. The molecule has 144 valence electrons. The normalized spacial score (nSPS) is 13.4. The topological polar surface area (TPSA) is 76.0 Å².